The second-order valence-corrected chi connectivity index (χ2v) is 2.26. The van der Waals surface area contributed by atoms with Gasteiger partial charge in [-0.15, -0.1) is 6.58 Å². The van der Waals surface area contributed by atoms with E-state index in [1.54, 1.807) is 24.5 Å². The number of halogens is 1. The van der Waals surface area contributed by atoms with Crippen molar-refractivity contribution in [2.75, 3.05) is 6.54 Å². The molecule has 0 aliphatic heterocycles. The lowest BCUT2D eigenvalue weighted by molar-refractivity contribution is 0.559. The molecule has 11 heavy (non-hydrogen) atoms. The van der Waals surface area contributed by atoms with Crippen LogP contribution in [0.3, 0.4) is 0 Å². The third-order valence-corrected chi connectivity index (χ3v) is 1.39. The van der Waals surface area contributed by atoms with Crippen molar-refractivity contribution in [3.8, 4) is 0 Å². The number of furan rings is 1. The summed E-state index contributed by atoms with van der Waals surface area (Å²) < 4.78 is 5.00. The molecular formula is C8H8ClNO. The van der Waals surface area contributed by atoms with Gasteiger partial charge < -0.3 is 4.42 Å². The van der Waals surface area contributed by atoms with E-state index in [9.17, 15) is 0 Å². The zero-order chi connectivity index (χ0) is 8.10. The minimum Gasteiger partial charge on any atom is -0.462 e. The summed E-state index contributed by atoms with van der Waals surface area (Å²) in [4.78, 5) is 3.96. The number of hydrogen-bond acceptors (Lipinski definition) is 2. The maximum absolute atomic E-state index is 5.73. The molecule has 0 aliphatic rings. The molecule has 0 saturated carbocycles. The van der Waals surface area contributed by atoms with Crippen LogP contribution in [0.4, 0.5) is 0 Å². The molecule has 58 valence electrons. The van der Waals surface area contributed by atoms with Crippen LogP contribution >= 0.6 is 11.6 Å². The summed E-state index contributed by atoms with van der Waals surface area (Å²) in [7, 11) is 0. The monoisotopic (exact) mass is 169 g/mol. The molecule has 0 unspecified atom stereocenters. The Morgan fingerprint density at radius 3 is 3.18 bits per heavy atom. The van der Waals surface area contributed by atoms with Crippen LogP contribution in [-0.4, -0.2) is 11.7 Å². The van der Waals surface area contributed by atoms with Crippen LogP contribution in [0.2, 0.25) is 0 Å². The molecule has 0 atom stereocenters. The zero-order valence-corrected chi connectivity index (χ0v) is 6.71. The Morgan fingerprint density at radius 1 is 1.82 bits per heavy atom. The molecule has 0 amide bonds. The maximum Gasteiger partial charge on any atom is 0.167 e. The van der Waals surface area contributed by atoms with E-state index in [0.717, 1.165) is 0 Å². The highest BCUT2D eigenvalue weighted by Gasteiger charge is 1.99. The first-order valence-corrected chi connectivity index (χ1v) is 3.57. The third-order valence-electron chi connectivity index (χ3n) is 1.08. The summed E-state index contributed by atoms with van der Waals surface area (Å²) in [6.07, 6.45) is 3.23. The Labute approximate surface area is 70.2 Å². The largest absolute Gasteiger partial charge is 0.462 e. The van der Waals surface area contributed by atoms with E-state index in [1.165, 1.54) is 0 Å². The predicted octanol–water partition coefficient (Wildman–Crippen LogP) is 2.45. The minimum absolute atomic E-state index is 0.384. The lowest BCUT2D eigenvalue weighted by Crippen LogP contribution is -1.88. The Hall–Kier alpha value is -1.02. The first kappa shape index (κ1) is 8.08. The molecule has 0 bridgehead atoms. The van der Waals surface area contributed by atoms with Crippen molar-refractivity contribution in [1.29, 1.82) is 0 Å². The SMILES string of the molecule is C=CCN=C(Cl)c1ccco1. The van der Waals surface area contributed by atoms with Crippen molar-refractivity contribution in [3.05, 3.63) is 36.8 Å². The van der Waals surface area contributed by atoms with E-state index < -0.39 is 0 Å². The third kappa shape index (κ3) is 2.24. The Bertz CT molecular complexity index is 251. The lowest BCUT2D eigenvalue weighted by atomic mass is 10.5. The molecule has 2 nitrogen and oxygen atoms in total. The van der Waals surface area contributed by atoms with E-state index in [-0.39, 0.29) is 0 Å². The normalized spacial score (nSPS) is 11.5. The van der Waals surface area contributed by atoms with Crippen molar-refractivity contribution in [1.82, 2.24) is 0 Å². The number of rotatable bonds is 3. The smallest absolute Gasteiger partial charge is 0.167 e. The van der Waals surface area contributed by atoms with E-state index in [2.05, 4.69) is 11.6 Å². The molecule has 1 aromatic heterocycles. The fourth-order valence-electron chi connectivity index (χ4n) is 0.619. The maximum atomic E-state index is 5.73. The summed E-state index contributed by atoms with van der Waals surface area (Å²) in [6.45, 7) is 4.03. The molecule has 0 aliphatic carbocycles. The summed E-state index contributed by atoms with van der Waals surface area (Å²) >= 11 is 5.73. The molecule has 1 rings (SSSR count). The molecule has 0 aromatic carbocycles. The van der Waals surface area contributed by atoms with Gasteiger partial charge in [-0.2, -0.15) is 0 Å². The van der Waals surface area contributed by atoms with Crippen molar-refractivity contribution in [3.63, 3.8) is 0 Å². The highest BCUT2D eigenvalue weighted by Crippen LogP contribution is 2.05. The molecule has 1 aromatic rings. The summed E-state index contributed by atoms with van der Waals surface area (Å²) in [6, 6.07) is 3.52. The Morgan fingerprint density at radius 2 is 2.64 bits per heavy atom. The first-order valence-electron chi connectivity index (χ1n) is 3.19. The molecule has 0 fully saturated rings. The highest BCUT2D eigenvalue weighted by molar-refractivity contribution is 6.69. The van der Waals surface area contributed by atoms with Crippen LogP contribution < -0.4 is 0 Å². The quantitative estimate of drug-likeness (QED) is 0.504. The fraction of sp³-hybridized carbons (Fsp3) is 0.125. The number of nitrogens with zero attached hydrogens (tertiary/aromatic N) is 1. The number of aliphatic imine (C=N–C) groups is 1. The predicted molar refractivity (Wildman–Crippen MR) is 46.2 cm³/mol. The molecule has 0 radical (unpaired) electrons. The van der Waals surface area contributed by atoms with Gasteiger partial charge in [-0.25, -0.2) is 0 Å². The van der Waals surface area contributed by atoms with Gasteiger partial charge in [0.25, 0.3) is 0 Å². The van der Waals surface area contributed by atoms with Crippen molar-refractivity contribution in [2.24, 2.45) is 4.99 Å². The molecule has 0 N–H and O–H groups in total. The zero-order valence-electron chi connectivity index (χ0n) is 5.96. The van der Waals surface area contributed by atoms with Gasteiger partial charge in [-0.3, -0.25) is 4.99 Å². The van der Waals surface area contributed by atoms with Crippen molar-refractivity contribution < 1.29 is 4.42 Å². The van der Waals surface area contributed by atoms with Crippen LogP contribution in [0.1, 0.15) is 5.76 Å². The average molecular weight is 170 g/mol. The van der Waals surface area contributed by atoms with Crippen LogP contribution in [0.15, 0.2) is 40.5 Å². The van der Waals surface area contributed by atoms with Crippen LogP contribution in [0, 0.1) is 0 Å². The minimum atomic E-state index is 0.384. The summed E-state index contributed by atoms with van der Waals surface area (Å²) in [5.41, 5.74) is 0. The Balaban J connectivity index is 2.68. The molecular weight excluding hydrogens is 162 g/mol. The fourth-order valence-corrected chi connectivity index (χ4v) is 0.795. The van der Waals surface area contributed by atoms with Crippen LogP contribution in [0.5, 0.6) is 0 Å². The van der Waals surface area contributed by atoms with Gasteiger partial charge in [0.2, 0.25) is 0 Å². The van der Waals surface area contributed by atoms with Gasteiger partial charge in [-0.05, 0) is 12.1 Å². The van der Waals surface area contributed by atoms with E-state index >= 15 is 0 Å². The van der Waals surface area contributed by atoms with E-state index in [1.807, 2.05) is 0 Å². The van der Waals surface area contributed by atoms with Crippen molar-refractivity contribution in [2.45, 2.75) is 0 Å². The van der Waals surface area contributed by atoms with Crippen molar-refractivity contribution >= 4 is 16.8 Å². The highest BCUT2D eigenvalue weighted by atomic mass is 35.5. The molecule has 3 heteroatoms. The van der Waals surface area contributed by atoms with Crippen LogP contribution in [0.25, 0.3) is 0 Å². The topological polar surface area (TPSA) is 25.5 Å². The average Bonchev–Trinajstić information content (AvgIpc) is 2.52. The van der Waals surface area contributed by atoms with Gasteiger partial charge in [0, 0.05) is 0 Å². The lowest BCUT2D eigenvalue weighted by Gasteiger charge is -1.89. The molecule has 0 spiro atoms. The van der Waals surface area contributed by atoms with Crippen LogP contribution in [-0.2, 0) is 0 Å². The standard InChI is InChI=1S/C8H8ClNO/c1-2-5-10-8(9)7-4-3-6-11-7/h2-4,6H,1,5H2. The molecule has 0 saturated heterocycles. The van der Waals surface area contributed by atoms with Gasteiger partial charge in [0.05, 0.1) is 12.8 Å². The summed E-state index contributed by atoms with van der Waals surface area (Å²) in [5.74, 6) is 0.591. The second kappa shape index (κ2) is 3.98. The molecule has 1 heterocycles. The van der Waals surface area contributed by atoms with Gasteiger partial charge >= 0.3 is 0 Å². The van der Waals surface area contributed by atoms with E-state index in [4.69, 9.17) is 16.0 Å². The number of hydrogen-bond donors (Lipinski definition) is 0. The van der Waals surface area contributed by atoms with E-state index in [0.29, 0.717) is 17.5 Å². The first-order chi connectivity index (χ1) is 5.34. The van der Waals surface area contributed by atoms with Gasteiger partial charge in [0.1, 0.15) is 0 Å². The Kier molecular flexibility index (Phi) is 2.93. The van der Waals surface area contributed by atoms with Gasteiger partial charge in [-0.1, -0.05) is 17.7 Å². The second-order valence-electron chi connectivity index (χ2n) is 1.90. The summed E-state index contributed by atoms with van der Waals surface area (Å²) in [5, 5.41) is 0.384. The van der Waals surface area contributed by atoms with Gasteiger partial charge in [0.15, 0.2) is 10.9 Å².